The van der Waals surface area contributed by atoms with Crippen molar-refractivity contribution in [3.05, 3.63) is 63.9 Å². The third-order valence-corrected chi connectivity index (χ3v) is 4.36. The zero-order valence-corrected chi connectivity index (χ0v) is 15.2. The van der Waals surface area contributed by atoms with Crippen LogP contribution in [0.2, 0.25) is 0 Å². The van der Waals surface area contributed by atoms with Crippen molar-refractivity contribution in [3.63, 3.8) is 0 Å². The second kappa shape index (κ2) is 7.41. The number of carbonyl (C=O) groups is 1. The van der Waals surface area contributed by atoms with Crippen LogP contribution in [-0.2, 0) is 11.3 Å². The van der Waals surface area contributed by atoms with Crippen molar-refractivity contribution >= 4 is 16.7 Å². The molecule has 1 aromatic heterocycles. The van der Waals surface area contributed by atoms with Crippen molar-refractivity contribution < 1.29 is 24.1 Å². The van der Waals surface area contributed by atoms with Crippen molar-refractivity contribution in [2.75, 3.05) is 21.3 Å². The van der Waals surface area contributed by atoms with Gasteiger partial charge in [-0.2, -0.15) is 0 Å². The molecule has 0 aliphatic heterocycles. The smallest absolute Gasteiger partial charge is 0.343 e. The first kappa shape index (κ1) is 18.3. The van der Waals surface area contributed by atoms with E-state index < -0.39 is 17.4 Å². The molecule has 3 aromatic rings. The molecule has 0 fully saturated rings. The van der Waals surface area contributed by atoms with E-state index in [1.165, 1.54) is 21.3 Å². The zero-order valence-electron chi connectivity index (χ0n) is 15.2. The van der Waals surface area contributed by atoms with Crippen molar-refractivity contribution in [3.8, 4) is 17.4 Å². The van der Waals surface area contributed by atoms with Gasteiger partial charge >= 0.3 is 5.97 Å². The van der Waals surface area contributed by atoms with Gasteiger partial charge in [0, 0.05) is 22.4 Å². The van der Waals surface area contributed by atoms with Crippen LogP contribution in [0.25, 0.3) is 10.8 Å². The van der Waals surface area contributed by atoms with Crippen molar-refractivity contribution in [1.82, 2.24) is 4.57 Å². The van der Waals surface area contributed by atoms with Crippen molar-refractivity contribution in [2.24, 2.45) is 0 Å². The molecule has 0 bridgehead atoms. The molecule has 0 unspecified atom stereocenters. The number of aromatic nitrogens is 1. The van der Waals surface area contributed by atoms with Gasteiger partial charge in [-0.25, -0.2) is 4.79 Å². The summed E-state index contributed by atoms with van der Waals surface area (Å²) in [5.41, 5.74) is 0.163. The summed E-state index contributed by atoms with van der Waals surface area (Å²) in [7, 11) is 4.26. The molecule has 0 aliphatic carbocycles. The largest absolute Gasteiger partial charge is 0.497 e. The molecule has 2 aromatic carbocycles. The second-order valence-corrected chi connectivity index (χ2v) is 5.80. The number of aromatic hydroxyl groups is 1. The molecular weight excluding hydrogens is 350 g/mol. The minimum absolute atomic E-state index is 0.00661. The Hall–Kier alpha value is -3.48. The van der Waals surface area contributed by atoms with Crippen LogP contribution in [0.1, 0.15) is 15.9 Å². The zero-order chi connectivity index (χ0) is 19.6. The van der Waals surface area contributed by atoms with Gasteiger partial charge in [0.05, 0.1) is 27.9 Å². The monoisotopic (exact) mass is 369 g/mol. The molecule has 27 heavy (non-hydrogen) atoms. The van der Waals surface area contributed by atoms with Gasteiger partial charge in [-0.15, -0.1) is 0 Å². The Morgan fingerprint density at radius 2 is 1.74 bits per heavy atom. The molecule has 7 nitrogen and oxygen atoms in total. The molecule has 1 heterocycles. The number of hydrogen-bond acceptors (Lipinski definition) is 6. The molecule has 0 spiro atoms. The first-order valence-electron chi connectivity index (χ1n) is 8.15. The number of hydrogen-bond donors (Lipinski definition) is 1. The molecule has 0 saturated heterocycles. The van der Waals surface area contributed by atoms with E-state index in [9.17, 15) is 14.7 Å². The SMILES string of the molecule is COC(=O)c1c(O)n(Cc2ccc(OC)cc2OC)c(=O)c2ccccc12. The van der Waals surface area contributed by atoms with Gasteiger partial charge in [-0.1, -0.05) is 18.2 Å². The molecule has 140 valence electrons. The number of benzene rings is 2. The summed E-state index contributed by atoms with van der Waals surface area (Å²) in [6.07, 6.45) is 0. The average Bonchev–Trinajstić information content (AvgIpc) is 2.71. The number of ether oxygens (including phenoxy) is 3. The lowest BCUT2D eigenvalue weighted by Crippen LogP contribution is -2.24. The molecule has 1 N–H and O–H groups in total. The second-order valence-electron chi connectivity index (χ2n) is 5.80. The quantitative estimate of drug-likeness (QED) is 0.696. The third-order valence-electron chi connectivity index (χ3n) is 4.36. The third kappa shape index (κ3) is 3.19. The summed E-state index contributed by atoms with van der Waals surface area (Å²) in [6.45, 7) is 0.00661. The van der Waals surface area contributed by atoms with E-state index in [-0.39, 0.29) is 12.1 Å². The number of carbonyl (C=O) groups excluding carboxylic acids is 1. The number of esters is 1. The summed E-state index contributed by atoms with van der Waals surface area (Å²) in [4.78, 5) is 25.2. The first-order valence-corrected chi connectivity index (χ1v) is 8.15. The maximum absolute atomic E-state index is 12.9. The van der Waals surface area contributed by atoms with Gasteiger partial charge in [-0.05, 0) is 18.2 Å². The normalized spacial score (nSPS) is 10.6. The molecule has 0 atom stereocenters. The average molecular weight is 369 g/mol. The fourth-order valence-corrected chi connectivity index (χ4v) is 2.99. The molecule has 0 radical (unpaired) electrons. The van der Waals surface area contributed by atoms with E-state index in [0.717, 1.165) is 4.57 Å². The van der Waals surface area contributed by atoms with Crippen LogP contribution >= 0.6 is 0 Å². The lowest BCUT2D eigenvalue weighted by atomic mass is 10.1. The van der Waals surface area contributed by atoms with Crippen LogP contribution in [0.5, 0.6) is 17.4 Å². The predicted octanol–water partition coefficient (Wildman–Crippen LogP) is 2.56. The van der Waals surface area contributed by atoms with Gasteiger partial charge in [-0.3, -0.25) is 9.36 Å². The van der Waals surface area contributed by atoms with E-state index in [0.29, 0.717) is 27.8 Å². The van der Waals surface area contributed by atoms with E-state index in [2.05, 4.69) is 0 Å². The number of nitrogens with zero attached hydrogens (tertiary/aromatic N) is 1. The maximum atomic E-state index is 12.9. The Balaban J connectivity index is 2.24. The van der Waals surface area contributed by atoms with Gasteiger partial charge in [0.15, 0.2) is 0 Å². The molecule has 0 aliphatic rings. The minimum atomic E-state index is -0.723. The van der Waals surface area contributed by atoms with Gasteiger partial charge in [0.2, 0.25) is 5.88 Å². The van der Waals surface area contributed by atoms with Gasteiger partial charge in [0.25, 0.3) is 5.56 Å². The highest BCUT2D eigenvalue weighted by Gasteiger charge is 2.22. The highest BCUT2D eigenvalue weighted by molar-refractivity contribution is 6.06. The van der Waals surface area contributed by atoms with E-state index in [1.54, 1.807) is 42.5 Å². The lowest BCUT2D eigenvalue weighted by Gasteiger charge is -2.16. The van der Waals surface area contributed by atoms with Crippen molar-refractivity contribution in [1.29, 1.82) is 0 Å². The van der Waals surface area contributed by atoms with Crippen LogP contribution in [0.3, 0.4) is 0 Å². The predicted molar refractivity (Wildman–Crippen MR) is 99.9 cm³/mol. The molecule has 0 saturated carbocycles. The summed E-state index contributed by atoms with van der Waals surface area (Å²) >= 11 is 0. The molecule has 0 amide bonds. The number of pyridine rings is 1. The van der Waals surface area contributed by atoms with Crippen LogP contribution < -0.4 is 15.0 Å². The Morgan fingerprint density at radius 1 is 1.04 bits per heavy atom. The van der Waals surface area contributed by atoms with Crippen LogP contribution in [0.4, 0.5) is 0 Å². The van der Waals surface area contributed by atoms with Crippen LogP contribution in [0, 0.1) is 0 Å². The van der Waals surface area contributed by atoms with E-state index in [4.69, 9.17) is 14.2 Å². The highest BCUT2D eigenvalue weighted by atomic mass is 16.5. The fraction of sp³-hybridized carbons (Fsp3) is 0.200. The number of methoxy groups -OCH3 is 3. The number of fused-ring (bicyclic) bond motifs is 1. The standard InChI is InChI=1S/C20H19NO6/c1-25-13-9-8-12(16(10-13)26-2)11-21-18(22)15-7-5-4-6-14(15)17(19(21)23)20(24)27-3/h4-10,23H,11H2,1-3H3. The first-order chi connectivity index (χ1) is 13.0. The van der Waals surface area contributed by atoms with Gasteiger partial charge in [0.1, 0.15) is 17.1 Å². The Kier molecular flexibility index (Phi) is 5.03. The molecule has 3 rings (SSSR count). The fourth-order valence-electron chi connectivity index (χ4n) is 2.99. The summed E-state index contributed by atoms with van der Waals surface area (Å²) in [5, 5.41) is 11.3. The molecule has 7 heteroatoms. The molecular formula is C20H19NO6. The van der Waals surface area contributed by atoms with Crippen LogP contribution in [-0.4, -0.2) is 37.0 Å². The Morgan fingerprint density at radius 3 is 2.37 bits per heavy atom. The summed E-state index contributed by atoms with van der Waals surface area (Å²) < 4.78 is 16.4. The summed E-state index contributed by atoms with van der Waals surface area (Å²) in [6, 6.07) is 11.7. The number of rotatable bonds is 5. The highest BCUT2D eigenvalue weighted by Crippen LogP contribution is 2.29. The Bertz CT molecular complexity index is 1070. The maximum Gasteiger partial charge on any atom is 0.343 e. The van der Waals surface area contributed by atoms with Crippen molar-refractivity contribution in [2.45, 2.75) is 6.54 Å². The van der Waals surface area contributed by atoms with Gasteiger partial charge < -0.3 is 19.3 Å². The lowest BCUT2D eigenvalue weighted by molar-refractivity contribution is 0.0598. The van der Waals surface area contributed by atoms with E-state index in [1.807, 2.05) is 0 Å². The van der Waals surface area contributed by atoms with E-state index >= 15 is 0 Å². The minimum Gasteiger partial charge on any atom is -0.497 e. The topological polar surface area (TPSA) is 87.0 Å². The summed E-state index contributed by atoms with van der Waals surface area (Å²) in [5.74, 6) is -0.0862. The van der Waals surface area contributed by atoms with Crippen LogP contribution in [0.15, 0.2) is 47.3 Å². The Labute approximate surface area is 155 Å².